The minimum absolute atomic E-state index is 0.0992. The Morgan fingerprint density at radius 1 is 1.59 bits per heavy atom. The van der Waals surface area contributed by atoms with E-state index in [1.807, 2.05) is 0 Å². The van der Waals surface area contributed by atoms with E-state index < -0.39 is 0 Å². The zero-order chi connectivity index (χ0) is 12.4. The van der Waals surface area contributed by atoms with E-state index in [1.165, 1.54) is 23.0 Å². The Kier molecular flexibility index (Phi) is 3.80. The third-order valence-electron chi connectivity index (χ3n) is 2.03. The molecule has 17 heavy (non-hydrogen) atoms. The number of nitrogens with zero attached hydrogens (tertiary/aromatic N) is 2. The van der Waals surface area contributed by atoms with Gasteiger partial charge < -0.3 is 5.11 Å². The van der Waals surface area contributed by atoms with Gasteiger partial charge in [-0.15, -0.1) is 0 Å². The summed E-state index contributed by atoms with van der Waals surface area (Å²) >= 11 is 9.54. The fraction of sp³-hybridized carbons (Fsp3) is 0.100. The van der Waals surface area contributed by atoms with Gasteiger partial charge >= 0.3 is 0 Å². The molecule has 0 radical (unpaired) electrons. The highest BCUT2D eigenvalue weighted by Gasteiger charge is 2.25. The molecule has 1 aromatic carbocycles. The first kappa shape index (κ1) is 12.5. The van der Waals surface area contributed by atoms with Crippen molar-refractivity contribution in [2.24, 2.45) is 5.10 Å². The van der Waals surface area contributed by atoms with Crippen LogP contribution in [0.5, 0.6) is 5.75 Å². The molecule has 88 valence electrons. The van der Waals surface area contributed by atoms with Crippen LogP contribution in [-0.2, 0) is 4.79 Å². The highest BCUT2D eigenvalue weighted by atomic mass is 79.9. The van der Waals surface area contributed by atoms with Crippen LogP contribution in [0.4, 0.5) is 0 Å². The van der Waals surface area contributed by atoms with Gasteiger partial charge in [0.2, 0.25) is 0 Å². The molecule has 0 atom stereocenters. The predicted octanol–water partition coefficient (Wildman–Crippen LogP) is 2.35. The van der Waals surface area contributed by atoms with Gasteiger partial charge in [0.1, 0.15) is 5.75 Å². The van der Waals surface area contributed by atoms with Crippen LogP contribution in [0.1, 0.15) is 5.56 Å². The van der Waals surface area contributed by atoms with E-state index in [1.54, 1.807) is 18.2 Å². The van der Waals surface area contributed by atoms with E-state index in [2.05, 4.69) is 21.0 Å². The second kappa shape index (κ2) is 5.16. The number of benzene rings is 1. The van der Waals surface area contributed by atoms with Gasteiger partial charge in [0.05, 0.1) is 12.0 Å². The Labute approximate surface area is 116 Å². The summed E-state index contributed by atoms with van der Waals surface area (Å²) in [5.41, 5.74) is 0.520. The zero-order valence-electron chi connectivity index (χ0n) is 8.46. The quantitative estimate of drug-likeness (QED) is 0.668. The van der Waals surface area contributed by atoms with Crippen molar-refractivity contribution >= 4 is 56.4 Å². The van der Waals surface area contributed by atoms with Crippen molar-refractivity contribution in [3.8, 4) is 5.75 Å². The number of halogens is 1. The van der Waals surface area contributed by atoms with Gasteiger partial charge in [0.15, 0.2) is 4.32 Å². The Morgan fingerprint density at radius 3 is 3.00 bits per heavy atom. The Bertz CT molecular complexity index is 503. The lowest BCUT2D eigenvalue weighted by molar-refractivity contribution is -0.123. The SMILES string of the molecule is O=C1CSC(=S)N1/N=C/c1cc(Br)ccc1O. The van der Waals surface area contributed by atoms with Crippen LogP contribution in [-0.4, -0.2) is 32.3 Å². The van der Waals surface area contributed by atoms with Crippen LogP contribution >= 0.6 is 39.9 Å². The summed E-state index contributed by atoms with van der Waals surface area (Å²) < 4.78 is 1.25. The summed E-state index contributed by atoms with van der Waals surface area (Å²) in [4.78, 5) is 11.4. The monoisotopic (exact) mass is 330 g/mol. The third kappa shape index (κ3) is 2.85. The predicted molar refractivity (Wildman–Crippen MR) is 75.3 cm³/mol. The molecule has 0 aliphatic carbocycles. The van der Waals surface area contributed by atoms with Crippen LogP contribution in [0.2, 0.25) is 0 Å². The number of hydrazone groups is 1. The van der Waals surface area contributed by atoms with E-state index in [0.29, 0.717) is 15.6 Å². The lowest BCUT2D eigenvalue weighted by atomic mass is 10.2. The first-order valence-electron chi connectivity index (χ1n) is 4.60. The molecule has 0 saturated carbocycles. The Balaban J connectivity index is 2.23. The number of amides is 1. The molecule has 1 aliphatic heterocycles. The maximum absolute atomic E-state index is 11.4. The van der Waals surface area contributed by atoms with Crippen molar-refractivity contribution in [2.45, 2.75) is 0 Å². The van der Waals surface area contributed by atoms with Gasteiger partial charge in [0.25, 0.3) is 5.91 Å². The number of aromatic hydroxyl groups is 1. The van der Waals surface area contributed by atoms with Crippen LogP contribution in [0.15, 0.2) is 27.8 Å². The van der Waals surface area contributed by atoms with E-state index in [4.69, 9.17) is 12.2 Å². The molecular weight excluding hydrogens is 324 g/mol. The van der Waals surface area contributed by atoms with Crippen molar-refractivity contribution < 1.29 is 9.90 Å². The fourth-order valence-electron chi connectivity index (χ4n) is 1.21. The Morgan fingerprint density at radius 2 is 2.35 bits per heavy atom. The van der Waals surface area contributed by atoms with Gasteiger partial charge in [-0.3, -0.25) is 4.79 Å². The largest absolute Gasteiger partial charge is 0.507 e. The maximum atomic E-state index is 11.4. The van der Waals surface area contributed by atoms with Gasteiger partial charge in [-0.2, -0.15) is 10.1 Å². The van der Waals surface area contributed by atoms with Crippen molar-refractivity contribution in [1.29, 1.82) is 0 Å². The number of carbonyl (C=O) groups excluding carboxylic acids is 1. The summed E-state index contributed by atoms with van der Waals surface area (Å²) in [5.74, 6) is 0.272. The van der Waals surface area contributed by atoms with Gasteiger partial charge in [-0.05, 0) is 18.2 Å². The van der Waals surface area contributed by atoms with E-state index in [-0.39, 0.29) is 11.7 Å². The van der Waals surface area contributed by atoms with Crippen molar-refractivity contribution in [1.82, 2.24) is 5.01 Å². The molecule has 1 fully saturated rings. The molecule has 0 bridgehead atoms. The standard InChI is InChI=1S/C10H7BrN2O2S2/c11-7-1-2-8(14)6(3-7)4-12-13-9(15)5-17-10(13)16/h1-4,14H,5H2/b12-4+. The number of phenolic OH excluding ortho intramolecular Hbond substituents is 1. The number of phenols is 1. The molecule has 7 heteroatoms. The summed E-state index contributed by atoms with van der Waals surface area (Å²) in [7, 11) is 0. The molecule has 1 aliphatic rings. The van der Waals surface area contributed by atoms with E-state index in [0.717, 1.165) is 4.47 Å². The molecule has 1 amide bonds. The van der Waals surface area contributed by atoms with Crippen molar-refractivity contribution in [3.63, 3.8) is 0 Å². The molecule has 1 heterocycles. The average molecular weight is 331 g/mol. The van der Waals surface area contributed by atoms with E-state index >= 15 is 0 Å². The molecule has 1 aromatic rings. The molecule has 0 aromatic heterocycles. The minimum atomic E-state index is -0.147. The topological polar surface area (TPSA) is 52.9 Å². The summed E-state index contributed by atoms with van der Waals surface area (Å²) in [6.45, 7) is 0. The van der Waals surface area contributed by atoms with Gasteiger partial charge in [0, 0.05) is 10.0 Å². The third-order valence-corrected chi connectivity index (χ3v) is 3.86. The van der Waals surface area contributed by atoms with Crippen LogP contribution in [0, 0.1) is 0 Å². The smallest absolute Gasteiger partial charge is 0.259 e. The number of hydrogen-bond donors (Lipinski definition) is 1. The summed E-state index contributed by atoms with van der Waals surface area (Å²) in [6.07, 6.45) is 1.41. The van der Waals surface area contributed by atoms with Crippen LogP contribution in [0.25, 0.3) is 0 Å². The number of thiocarbonyl (C=S) groups is 1. The molecule has 0 spiro atoms. The lowest BCUT2D eigenvalue weighted by Crippen LogP contribution is -2.22. The first-order chi connectivity index (χ1) is 8.08. The fourth-order valence-corrected chi connectivity index (χ4v) is 2.55. The van der Waals surface area contributed by atoms with Crippen LogP contribution < -0.4 is 0 Å². The van der Waals surface area contributed by atoms with Gasteiger partial charge in [-0.25, -0.2) is 0 Å². The second-order valence-electron chi connectivity index (χ2n) is 3.21. The highest BCUT2D eigenvalue weighted by Crippen LogP contribution is 2.22. The highest BCUT2D eigenvalue weighted by molar-refractivity contribution is 9.10. The summed E-state index contributed by atoms with van der Waals surface area (Å²) in [6, 6.07) is 4.97. The average Bonchev–Trinajstić information content (AvgIpc) is 2.61. The second-order valence-corrected chi connectivity index (χ2v) is 5.73. The van der Waals surface area contributed by atoms with Gasteiger partial charge in [-0.1, -0.05) is 39.9 Å². The maximum Gasteiger partial charge on any atom is 0.259 e. The molecule has 2 rings (SSSR count). The van der Waals surface area contributed by atoms with E-state index in [9.17, 15) is 9.90 Å². The number of thioether (sulfide) groups is 1. The van der Waals surface area contributed by atoms with Crippen molar-refractivity contribution in [3.05, 3.63) is 28.2 Å². The molecular formula is C10H7BrN2O2S2. The molecule has 1 N–H and O–H groups in total. The molecule has 0 unspecified atom stereocenters. The Hall–Kier alpha value is -0.920. The molecule has 4 nitrogen and oxygen atoms in total. The normalized spacial score (nSPS) is 16.2. The molecule has 1 saturated heterocycles. The summed E-state index contributed by atoms with van der Waals surface area (Å²) in [5, 5.41) is 14.7. The minimum Gasteiger partial charge on any atom is -0.507 e. The zero-order valence-corrected chi connectivity index (χ0v) is 11.7. The number of carbonyl (C=O) groups is 1. The number of hydrogen-bond acceptors (Lipinski definition) is 5. The van der Waals surface area contributed by atoms with Crippen molar-refractivity contribution in [2.75, 3.05) is 5.75 Å². The lowest BCUT2D eigenvalue weighted by Gasteiger charge is -2.06. The van der Waals surface area contributed by atoms with Crippen LogP contribution in [0.3, 0.4) is 0 Å². The first-order valence-corrected chi connectivity index (χ1v) is 6.79. The number of rotatable bonds is 2.